The third-order valence-corrected chi connectivity index (χ3v) is 4.05. The molecule has 0 fully saturated rings. The molecule has 16 heavy (non-hydrogen) atoms. The van der Waals surface area contributed by atoms with E-state index in [1.807, 2.05) is 11.8 Å². The number of aliphatic imine (C=N–C) groups is 1. The van der Waals surface area contributed by atoms with Gasteiger partial charge in [-0.25, -0.2) is 0 Å². The van der Waals surface area contributed by atoms with Crippen molar-refractivity contribution in [2.24, 2.45) is 4.99 Å². The predicted molar refractivity (Wildman–Crippen MR) is 75.1 cm³/mol. The molecule has 2 nitrogen and oxygen atoms in total. The molecular formula is C12H15BrN2S. The molecule has 0 aromatic heterocycles. The minimum absolute atomic E-state index is 0.317. The zero-order valence-electron chi connectivity index (χ0n) is 9.24. The molecule has 1 atom stereocenters. The van der Waals surface area contributed by atoms with E-state index in [4.69, 9.17) is 0 Å². The van der Waals surface area contributed by atoms with E-state index in [-0.39, 0.29) is 0 Å². The summed E-state index contributed by atoms with van der Waals surface area (Å²) in [6, 6.07) is 8.73. The fraction of sp³-hybridized carbons (Fsp3) is 0.417. The van der Waals surface area contributed by atoms with Crippen molar-refractivity contribution in [1.82, 2.24) is 5.32 Å². The Hall–Kier alpha value is -0.480. The number of hydrogen-bond acceptors (Lipinski definition) is 3. The van der Waals surface area contributed by atoms with Crippen LogP contribution in [-0.2, 0) is 0 Å². The van der Waals surface area contributed by atoms with Gasteiger partial charge in [0.1, 0.15) is 0 Å². The van der Waals surface area contributed by atoms with Gasteiger partial charge in [-0.1, -0.05) is 39.8 Å². The zero-order chi connectivity index (χ0) is 11.4. The lowest BCUT2D eigenvalue weighted by molar-refractivity contribution is 0.718. The predicted octanol–water partition coefficient (Wildman–Crippen LogP) is 3.59. The van der Waals surface area contributed by atoms with Crippen molar-refractivity contribution in [3.8, 4) is 0 Å². The van der Waals surface area contributed by atoms with Crippen LogP contribution in [0.1, 0.15) is 24.9 Å². The van der Waals surface area contributed by atoms with E-state index < -0.39 is 0 Å². The molecule has 0 saturated carbocycles. The number of nitrogens with one attached hydrogen (secondary N) is 1. The van der Waals surface area contributed by atoms with Gasteiger partial charge >= 0.3 is 0 Å². The molecule has 0 aliphatic carbocycles. The maximum Gasteiger partial charge on any atom is 0.157 e. The minimum atomic E-state index is 0.317. The number of benzene rings is 1. The van der Waals surface area contributed by atoms with Crippen LogP contribution in [0.4, 0.5) is 0 Å². The summed E-state index contributed by atoms with van der Waals surface area (Å²) in [5.41, 5.74) is 1.29. The fourth-order valence-electron chi connectivity index (χ4n) is 1.57. The largest absolute Gasteiger partial charge is 0.358 e. The third kappa shape index (κ3) is 3.25. The summed E-state index contributed by atoms with van der Waals surface area (Å²) in [4.78, 5) is 4.47. The molecule has 0 spiro atoms. The SMILES string of the molecule is CC(NC1=NCCCS1)c1ccc(Br)cc1. The van der Waals surface area contributed by atoms with Crippen molar-refractivity contribution in [1.29, 1.82) is 0 Å². The molecule has 4 heteroatoms. The maximum atomic E-state index is 4.47. The van der Waals surface area contributed by atoms with E-state index >= 15 is 0 Å². The number of amidine groups is 1. The second-order valence-corrected chi connectivity index (χ2v) is 5.81. The highest BCUT2D eigenvalue weighted by Gasteiger charge is 2.10. The Morgan fingerprint density at radius 1 is 1.38 bits per heavy atom. The molecule has 1 aliphatic heterocycles. The Morgan fingerprint density at radius 2 is 2.12 bits per heavy atom. The summed E-state index contributed by atoms with van der Waals surface area (Å²) in [7, 11) is 0. The molecule has 0 bridgehead atoms. The van der Waals surface area contributed by atoms with Crippen LogP contribution in [0.25, 0.3) is 0 Å². The fourth-order valence-corrected chi connectivity index (χ4v) is 2.74. The molecule has 1 N–H and O–H groups in total. The van der Waals surface area contributed by atoms with Crippen LogP contribution in [0.5, 0.6) is 0 Å². The Kier molecular flexibility index (Phi) is 4.29. The molecule has 1 unspecified atom stereocenters. The van der Waals surface area contributed by atoms with Gasteiger partial charge in [-0.2, -0.15) is 0 Å². The van der Waals surface area contributed by atoms with Crippen molar-refractivity contribution >= 4 is 32.9 Å². The van der Waals surface area contributed by atoms with Crippen molar-refractivity contribution in [3.05, 3.63) is 34.3 Å². The molecule has 1 aromatic carbocycles. The summed E-state index contributed by atoms with van der Waals surface area (Å²) in [5, 5.41) is 4.54. The number of halogens is 1. The van der Waals surface area contributed by atoms with Crippen molar-refractivity contribution in [2.45, 2.75) is 19.4 Å². The highest BCUT2D eigenvalue weighted by atomic mass is 79.9. The number of thioether (sulfide) groups is 1. The summed E-state index contributed by atoms with van der Waals surface area (Å²) in [6.07, 6.45) is 1.20. The lowest BCUT2D eigenvalue weighted by atomic mass is 10.1. The monoisotopic (exact) mass is 298 g/mol. The van der Waals surface area contributed by atoms with Crippen LogP contribution < -0.4 is 5.32 Å². The van der Waals surface area contributed by atoms with Crippen LogP contribution in [0, 0.1) is 0 Å². The summed E-state index contributed by atoms with van der Waals surface area (Å²) in [5.74, 6) is 1.18. The molecular weight excluding hydrogens is 284 g/mol. The maximum absolute atomic E-state index is 4.47. The van der Waals surface area contributed by atoms with Crippen LogP contribution in [0.3, 0.4) is 0 Å². The van der Waals surface area contributed by atoms with Crippen LogP contribution >= 0.6 is 27.7 Å². The van der Waals surface area contributed by atoms with Gasteiger partial charge in [-0.3, -0.25) is 4.99 Å². The van der Waals surface area contributed by atoms with Crippen molar-refractivity contribution in [3.63, 3.8) is 0 Å². The van der Waals surface area contributed by atoms with Gasteiger partial charge < -0.3 is 5.32 Å². The number of nitrogens with zero attached hydrogens (tertiary/aromatic N) is 1. The van der Waals surface area contributed by atoms with Gasteiger partial charge in [0.2, 0.25) is 0 Å². The van der Waals surface area contributed by atoms with E-state index in [2.05, 4.69) is 57.4 Å². The summed E-state index contributed by atoms with van der Waals surface area (Å²) < 4.78 is 1.12. The van der Waals surface area contributed by atoms with Gasteiger partial charge in [0.15, 0.2) is 5.17 Å². The normalized spacial score (nSPS) is 17.8. The van der Waals surface area contributed by atoms with Crippen molar-refractivity contribution in [2.75, 3.05) is 12.3 Å². The first-order valence-corrected chi connectivity index (χ1v) is 7.23. The average molecular weight is 299 g/mol. The standard InChI is InChI=1S/C12H15BrN2S/c1-9(10-3-5-11(13)6-4-10)15-12-14-7-2-8-16-12/h3-6,9H,2,7-8H2,1H3,(H,14,15). The second-order valence-electron chi connectivity index (χ2n) is 3.81. The lowest BCUT2D eigenvalue weighted by Crippen LogP contribution is -2.26. The van der Waals surface area contributed by atoms with Gasteiger partial charge in [-0.05, 0) is 31.0 Å². The number of hydrogen-bond donors (Lipinski definition) is 1. The molecule has 0 saturated heterocycles. The highest BCUT2D eigenvalue weighted by molar-refractivity contribution is 9.10. The van der Waals surface area contributed by atoms with Gasteiger partial charge in [0.05, 0.1) is 6.04 Å². The molecule has 0 amide bonds. The van der Waals surface area contributed by atoms with Gasteiger partial charge in [0, 0.05) is 16.8 Å². The Bertz CT molecular complexity index is 375. The first-order chi connectivity index (χ1) is 7.75. The Morgan fingerprint density at radius 3 is 2.75 bits per heavy atom. The lowest BCUT2D eigenvalue weighted by Gasteiger charge is -2.19. The molecule has 1 aliphatic rings. The molecule has 1 aromatic rings. The number of rotatable bonds is 2. The van der Waals surface area contributed by atoms with Crippen molar-refractivity contribution < 1.29 is 0 Å². The van der Waals surface area contributed by atoms with Crippen LogP contribution in [-0.4, -0.2) is 17.5 Å². The first-order valence-electron chi connectivity index (χ1n) is 5.45. The van der Waals surface area contributed by atoms with Gasteiger partial charge in [-0.15, -0.1) is 0 Å². The van der Waals surface area contributed by atoms with E-state index in [0.717, 1.165) is 16.2 Å². The average Bonchev–Trinajstić information content (AvgIpc) is 2.31. The first kappa shape index (κ1) is 12.0. The Balaban J connectivity index is 1.99. The van der Waals surface area contributed by atoms with Gasteiger partial charge in [0.25, 0.3) is 0 Å². The quantitative estimate of drug-likeness (QED) is 0.902. The smallest absolute Gasteiger partial charge is 0.157 e. The van der Waals surface area contributed by atoms with E-state index in [1.54, 1.807) is 0 Å². The van der Waals surface area contributed by atoms with E-state index in [1.165, 1.54) is 17.7 Å². The summed E-state index contributed by atoms with van der Waals surface area (Å²) >= 11 is 5.26. The second kappa shape index (κ2) is 5.73. The Labute approximate surface area is 109 Å². The van der Waals surface area contributed by atoms with E-state index in [9.17, 15) is 0 Å². The molecule has 0 radical (unpaired) electrons. The highest BCUT2D eigenvalue weighted by Crippen LogP contribution is 2.19. The van der Waals surface area contributed by atoms with E-state index in [0.29, 0.717) is 6.04 Å². The third-order valence-electron chi connectivity index (χ3n) is 2.51. The summed E-state index contributed by atoms with van der Waals surface area (Å²) in [6.45, 7) is 3.13. The zero-order valence-corrected chi connectivity index (χ0v) is 11.6. The molecule has 2 rings (SSSR count). The van der Waals surface area contributed by atoms with Crippen LogP contribution in [0.15, 0.2) is 33.7 Å². The molecule has 86 valence electrons. The topological polar surface area (TPSA) is 24.4 Å². The minimum Gasteiger partial charge on any atom is -0.358 e. The van der Waals surface area contributed by atoms with Crippen LogP contribution in [0.2, 0.25) is 0 Å². The molecule has 1 heterocycles.